The molecule has 1 fully saturated rings. The second-order valence-corrected chi connectivity index (χ2v) is 5.76. The lowest BCUT2D eigenvalue weighted by Crippen LogP contribution is -2.43. The third-order valence-electron chi connectivity index (χ3n) is 4.11. The highest BCUT2D eigenvalue weighted by Gasteiger charge is 2.27. The van der Waals surface area contributed by atoms with Crippen LogP contribution in [0.4, 0.5) is 0 Å². The molecule has 21 heavy (non-hydrogen) atoms. The Balaban J connectivity index is 1.78. The molecule has 0 aliphatic carbocycles. The summed E-state index contributed by atoms with van der Waals surface area (Å²) in [6.07, 6.45) is 0. The fourth-order valence-corrected chi connectivity index (χ4v) is 2.68. The van der Waals surface area contributed by atoms with Gasteiger partial charge in [-0.1, -0.05) is 6.07 Å². The lowest BCUT2D eigenvalue weighted by atomic mass is 10.1. The maximum atomic E-state index is 11.5. The Hall–Kier alpha value is -1.63. The molecule has 6 heteroatoms. The first kappa shape index (κ1) is 14.3. The monoisotopic (exact) mass is 292 g/mol. The highest BCUT2D eigenvalue weighted by atomic mass is 16.5. The first-order valence-electron chi connectivity index (χ1n) is 7.19. The number of nitrogens with one attached hydrogen (secondary N) is 1. The van der Waals surface area contributed by atoms with Crippen molar-refractivity contribution in [2.75, 3.05) is 26.4 Å². The lowest BCUT2D eigenvalue weighted by molar-refractivity contribution is -0.0529. The van der Waals surface area contributed by atoms with E-state index in [4.69, 9.17) is 14.7 Å². The molecule has 2 aliphatic heterocycles. The quantitative estimate of drug-likeness (QED) is 0.643. The van der Waals surface area contributed by atoms with Gasteiger partial charge in [-0.3, -0.25) is 14.9 Å². The van der Waals surface area contributed by atoms with E-state index in [1.807, 2.05) is 6.07 Å². The fraction of sp³-hybridized carbons (Fsp3) is 0.533. The second kappa shape index (κ2) is 6.01. The first-order chi connectivity index (χ1) is 10.2. The topological polar surface area (TPSA) is 71.0 Å². The number of nitrogens with zero attached hydrogens (tertiary/aromatic N) is 1. The van der Waals surface area contributed by atoms with Crippen molar-refractivity contribution in [3.8, 4) is 5.75 Å². The smallest absolute Gasteiger partial charge is 0.274 e. The number of amides is 1. The van der Waals surface area contributed by atoms with Gasteiger partial charge >= 0.3 is 0 Å². The summed E-state index contributed by atoms with van der Waals surface area (Å²) >= 11 is 0. The zero-order valence-electron chi connectivity index (χ0n) is 12.0. The Morgan fingerprint density at radius 1 is 1.43 bits per heavy atom. The van der Waals surface area contributed by atoms with E-state index in [0.29, 0.717) is 24.1 Å². The van der Waals surface area contributed by atoms with E-state index in [9.17, 15) is 4.79 Å². The molecule has 0 spiro atoms. The molecule has 2 aliphatic rings. The molecular weight excluding hydrogens is 272 g/mol. The van der Waals surface area contributed by atoms with E-state index in [2.05, 4.69) is 11.8 Å². The van der Waals surface area contributed by atoms with Gasteiger partial charge in [0.05, 0.1) is 13.2 Å². The van der Waals surface area contributed by atoms with E-state index in [-0.39, 0.29) is 0 Å². The van der Waals surface area contributed by atoms with Gasteiger partial charge in [0.2, 0.25) is 0 Å². The highest BCUT2D eigenvalue weighted by molar-refractivity contribution is 5.93. The summed E-state index contributed by atoms with van der Waals surface area (Å²) < 4.78 is 11.1. The minimum Gasteiger partial charge on any atom is -0.492 e. The van der Waals surface area contributed by atoms with E-state index in [1.165, 1.54) is 0 Å². The predicted molar refractivity (Wildman–Crippen MR) is 75.4 cm³/mol. The number of rotatable bonds is 3. The number of carbonyl (C=O) groups is 1. The molecule has 0 radical (unpaired) electrons. The van der Waals surface area contributed by atoms with Crippen LogP contribution in [0.1, 0.15) is 22.8 Å². The summed E-state index contributed by atoms with van der Waals surface area (Å²) in [5.74, 6) is 0.797. The number of hydrogen-bond donors (Lipinski definition) is 2. The Labute approximate surface area is 123 Å². The van der Waals surface area contributed by atoms with Crippen LogP contribution < -0.4 is 10.2 Å². The number of benzene rings is 1. The number of ether oxygens (including phenoxy) is 2. The first-order valence-corrected chi connectivity index (χ1v) is 7.19. The van der Waals surface area contributed by atoms with Crippen molar-refractivity contribution in [1.29, 1.82) is 0 Å². The zero-order chi connectivity index (χ0) is 14.8. The van der Waals surface area contributed by atoms with Gasteiger partial charge in [-0.2, -0.15) is 0 Å². The average molecular weight is 292 g/mol. The van der Waals surface area contributed by atoms with Crippen LogP contribution in [0.25, 0.3) is 0 Å². The molecule has 2 N–H and O–H groups in total. The van der Waals surface area contributed by atoms with Crippen LogP contribution in [0.5, 0.6) is 5.75 Å². The van der Waals surface area contributed by atoms with E-state index < -0.39 is 5.91 Å². The lowest BCUT2D eigenvalue weighted by Gasteiger charge is -2.34. The van der Waals surface area contributed by atoms with Gasteiger partial charge in [-0.05, 0) is 19.1 Å². The maximum absolute atomic E-state index is 11.5. The van der Waals surface area contributed by atoms with Gasteiger partial charge in [-0.25, -0.2) is 5.48 Å². The number of carbonyl (C=O) groups excluding carboxylic acids is 1. The van der Waals surface area contributed by atoms with Crippen LogP contribution in [0, 0.1) is 5.92 Å². The third kappa shape index (κ3) is 3.02. The number of hydrogen-bond acceptors (Lipinski definition) is 5. The second-order valence-electron chi connectivity index (χ2n) is 5.76. The van der Waals surface area contributed by atoms with E-state index in [0.717, 1.165) is 37.6 Å². The van der Waals surface area contributed by atoms with Crippen LogP contribution in [0.15, 0.2) is 18.2 Å². The Morgan fingerprint density at radius 2 is 2.24 bits per heavy atom. The van der Waals surface area contributed by atoms with Gasteiger partial charge in [0.15, 0.2) is 0 Å². The van der Waals surface area contributed by atoms with Crippen LogP contribution in [-0.2, 0) is 11.3 Å². The molecule has 0 bridgehead atoms. The van der Waals surface area contributed by atoms with Gasteiger partial charge in [0, 0.05) is 36.2 Å². The van der Waals surface area contributed by atoms with Crippen LogP contribution >= 0.6 is 0 Å². The summed E-state index contributed by atoms with van der Waals surface area (Å²) in [7, 11) is 0. The van der Waals surface area contributed by atoms with Crippen molar-refractivity contribution in [2.45, 2.75) is 19.5 Å². The molecular formula is C15H20N2O4. The Morgan fingerprint density at radius 3 is 2.90 bits per heavy atom. The zero-order valence-corrected chi connectivity index (χ0v) is 12.0. The van der Waals surface area contributed by atoms with E-state index in [1.54, 1.807) is 17.6 Å². The molecule has 1 unspecified atom stereocenters. The molecule has 1 atom stereocenters. The largest absolute Gasteiger partial charge is 0.492 e. The van der Waals surface area contributed by atoms with Crippen molar-refractivity contribution in [1.82, 2.24) is 10.4 Å². The molecule has 114 valence electrons. The summed E-state index contributed by atoms with van der Waals surface area (Å²) in [5.41, 5.74) is 3.10. The highest BCUT2D eigenvalue weighted by Crippen LogP contribution is 2.27. The van der Waals surface area contributed by atoms with Crippen molar-refractivity contribution in [3.05, 3.63) is 29.3 Å². The average Bonchev–Trinajstić information content (AvgIpc) is 2.61. The normalized spacial score (nSPS) is 22.7. The number of hydroxylamine groups is 1. The van der Waals surface area contributed by atoms with Crippen molar-refractivity contribution < 1.29 is 19.5 Å². The molecule has 1 aromatic rings. The summed E-state index contributed by atoms with van der Waals surface area (Å²) in [6, 6.07) is 5.59. The molecule has 0 aromatic heterocycles. The summed E-state index contributed by atoms with van der Waals surface area (Å²) in [4.78, 5) is 13.9. The van der Waals surface area contributed by atoms with Crippen LogP contribution in [0.3, 0.4) is 0 Å². The van der Waals surface area contributed by atoms with E-state index >= 15 is 0 Å². The van der Waals surface area contributed by atoms with Gasteiger partial charge < -0.3 is 9.47 Å². The Kier molecular flexibility index (Phi) is 4.10. The van der Waals surface area contributed by atoms with Crippen LogP contribution in [0.2, 0.25) is 0 Å². The Bertz CT molecular complexity index is 530. The predicted octanol–water partition coefficient (Wildman–Crippen LogP) is 1.03. The summed E-state index contributed by atoms with van der Waals surface area (Å²) in [5, 5.41) is 8.70. The van der Waals surface area contributed by atoms with Crippen molar-refractivity contribution >= 4 is 5.91 Å². The molecule has 6 nitrogen and oxygen atoms in total. The van der Waals surface area contributed by atoms with Crippen LogP contribution in [-0.4, -0.2) is 48.4 Å². The maximum Gasteiger partial charge on any atom is 0.274 e. The van der Waals surface area contributed by atoms with Crippen molar-refractivity contribution in [3.63, 3.8) is 0 Å². The molecule has 2 heterocycles. The van der Waals surface area contributed by atoms with Gasteiger partial charge in [-0.15, -0.1) is 0 Å². The minimum atomic E-state index is -0.526. The number of fused-ring (bicyclic) bond motifs is 1. The molecule has 1 amide bonds. The molecule has 1 saturated heterocycles. The standard InChI is InChI=1S/C15H20N2O4/c1-10-7-21-14-4-12(15(18)16-19)2-3-13(14)6-17(10)5-11-8-20-9-11/h2-4,10-11,19H,5-9H2,1H3,(H,16,18). The fourth-order valence-electron chi connectivity index (χ4n) is 2.68. The molecule has 1 aromatic carbocycles. The van der Waals surface area contributed by atoms with Crippen molar-refractivity contribution in [2.24, 2.45) is 5.92 Å². The van der Waals surface area contributed by atoms with Gasteiger partial charge in [0.25, 0.3) is 5.91 Å². The minimum absolute atomic E-state index is 0.313. The summed E-state index contributed by atoms with van der Waals surface area (Å²) in [6.45, 7) is 6.22. The van der Waals surface area contributed by atoms with Gasteiger partial charge in [0.1, 0.15) is 12.4 Å². The SMILES string of the molecule is CC1COc2cc(C(=O)NO)ccc2CN1CC1COC1. The third-order valence-corrected chi connectivity index (χ3v) is 4.11. The molecule has 3 rings (SSSR count). The molecule has 0 saturated carbocycles.